The molecule has 0 unspecified atom stereocenters. The first-order valence-electron chi connectivity index (χ1n) is 2.81. The molecule has 0 atom stereocenters. The van der Waals surface area contributed by atoms with Crippen molar-refractivity contribution in [3.63, 3.8) is 0 Å². The number of nitrogens with zero attached hydrogens (tertiary/aromatic N) is 1. The van der Waals surface area contributed by atoms with Gasteiger partial charge in [-0.2, -0.15) is 0 Å². The average Bonchev–Trinajstić information content (AvgIpc) is 1.91. The van der Waals surface area contributed by atoms with Crippen LogP contribution < -0.4 is 5.73 Å². The molecule has 9 heavy (non-hydrogen) atoms. The van der Waals surface area contributed by atoms with Crippen molar-refractivity contribution in [3.8, 4) is 0 Å². The van der Waals surface area contributed by atoms with Gasteiger partial charge in [-0.05, 0) is 13.1 Å². The number of nitrogens with two attached hydrogens (primary N) is 1. The molecule has 0 aliphatic carbocycles. The Morgan fingerprint density at radius 3 is 2.78 bits per heavy atom. The van der Waals surface area contributed by atoms with Gasteiger partial charge < -0.3 is 5.73 Å². The molecule has 0 spiro atoms. The van der Waals surface area contributed by atoms with Gasteiger partial charge in [-0.3, -0.25) is 4.99 Å². The molecule has 0 fully saturated rings. The molecule has 0 rings (SSSR count). The van der Waals surface area contributed by atoms with E-state index in [0.29, 0.717) is 5.88 Å². The van der Waals surface area contributed by atoms with E-state index < -0.39 is 0 Å². The predicted octanol–water partition coefficient (Wildman–Crippen LogP) is 1.16. The lowest BCUT2D eigenvalue weighted by Gasteiger charge is -1.89. The summed E-state index contributed by atoms with van der Waals surface area (Å²) < 4.78 is 0. The third-order valence-electron chi connectivity index (χ3n) is 0.808. The summed E-state index contributed by atoms with van der Waals surface area (Å²) >= 11 is 5.46. The third kappa shape index (κ3) is 4.03. The summed E-state index contributed by atoms with van der Waals surface area (Å²) in [5, 5.41) is 0. The topological polar surface area (TPSA) is 38.4 Å². The molecule has 0 aromatic rings. The number of halogens is 1. The molecule has 0 aliphatic rings. The second-order valence-corrected chi connectivity index (χ2v) is 1.77. The van der Waals surface area contributed by atoms with Gasteiger partial charge in [-0.1, -0.05) is 0 Å². The van der Waals surface area contributed by atoms with Crippen LogP contribution in [0.4, 0.5) is 0 Å². The predicted molar refractivity (Wildman–Crippen MR) is 42.0 cm³/mol. The van der Waals surface area contributed by atoms with E-state index in [1.165, 1.54) is 6.20 Å². The fourth-order valence-corrected chi connectivity index (χ4v) is 0.489. The van der Waals surface area contributed by atoms with Gasteiger partial charge in [0, 0.05) is 18.3 Å². The number of rotatable bonds is 3. The third-order valence-corrected chi connectivity index (χ3v) is 1.12. The SMILES string of the molecule is CCN=CC(=CN)CCl. The molecular formula is C6H11ClN2. The van der Waals surface area contributed by atoms with E-state index >= 15 is 0 Å². The van der Waals surface area contributed by atoms with Gasteiger partial charge >= 0.3 is 0 Å². The fourth-order valence-electron chi connectivity index (χ4n) is 0.331. The van der Waals surface area contributed by atoms with E-state index in [0.717, 1.165) is 12.1 Å². The van der Waals surface area contributed by atoms with Crippen molar-refractivity contribution in [2.75, 3.05) is 12.4 Å². The van der Waals surface area contributed by atoms with Crippen LogP contribution in [0.1, 0.15) is 6.92 Å². The highest BCUT2D eigenvalue weighted by Gasteiger charge is 1.84. The number of allylic oxidation sites excluding steroid dienone is 1. The maximum Gasteiger partial charge on any atom is 0.0503 e. The number of alkyl halides is 1. The molecule has 2 nitrogen and oxygen atoms in total. The monoisotopic (exact) mass is 146 g/mol. The molecule has 3 heteroatoms. The van der Waals surface area contributed by atoms with E-state index in [2.05, 4.69) is 4.99 Å². The summed E-state index contributed by atoms with van der Waals surface area (Å²) in [4.78, 5) is 3.96. The first-order chi connectivity index (χ1) is 4.35. The Morgan fingerprint density at radius 1 is 1.78 bits per heavy atom. The van der Waals surface area contributed by atoms with Gasteiger partial charge in [-0.15, -0.1) is 11.6 Å². The summed E-state index contributed by atoms with van der Waals surface area (Å²) in [6, 6.07) is 0. The summed E-state index contributed by atoms with van der Waals surface area (Å²) in [6.07, 6.45) is 3.15. The van der Waals surface area contributed by atoms with Crippen molar-refractivity contribution < 1.29 is 0 Å². The Balaban J connectivity index is 3.70. The normalized spacial score (nSPS) is 12.9. The molecule has 0 amide bonds. The zero-order valence-electron chi connectivity index (χ0n) is 5.47. The second kappa shape index (κ2) is 5.63. The number of aliphatic imine (C=N–C) groups is 1. The van der Waals surface area contributed by atoms with Crippen molar-refractivity contribution in [3.05, 3.63) is 11.8 Å². The lowest BCUT2D eigenvalue weighted by Crippen LogP contribution is -1.92. The van der Waals surface area contributed by atoms with Crippen LogP contribution in [-0.2, 0) is 0 Å². The van der Waals surface area contributed by atoms with E-state index in [1.54, 1.807) is 6.21 Å². The molecule has 0 heterocycles. The van der Waals surface area contributed by atoms with Gasteiger partial charge in [0.2, 0.25) is 0 Å². The minimum atomic E-state index is 0.431. The summed E-state index contributed by atoms with van der Waals surface area (Å²) in [5.41, 5.74) is 6.05. The smallest absolute Gasteiger partial charge is 0.0503 e. The Labute approximate surface area is 60.4 Å². The number of hydrogen-bond donors (Lipinski definition) is 1. The van der Waals surface area contributed by atoms with Gasteiger partial charge in [0.1, 0.15) is 0 Å². The van der Waals surface area contributed by atoms with Crippen molar-refractivity contribution in [2.24, 2.45) is 10.7 Å². The van der Waals surface area contributed by atoms with Crippen molar-refractivity contribution >= 4 is 17.8 Å². The first kappa shape index (κ1) is 8.50. The molecule has 0 aromatic carbocycles. The van der Waals surface area contributed by atoms with Crippen LogP contribution in [-0.4, -0.2) is 18.6 Å². The Morgan fingerprint density at radius 2 is 2.44 bits per heavy atom. The van der Waals surface area contributed by atoms with Crippen LogP contribution in [0.3, 0.4) is 0 Å². The van der Waals surface area contributed by atoms with Crippen LogP contribution >= 0.6 is 11.6 Å². The molecule has 0 aliphatic heterocycles. The van der Waals surface area contributed by atoms with Gasteiger partial charge in [0.05, 0.1) is 5.88 Å². The first-order valence-corrected chi connectivity index (χ1v) is 3.35. The number of hydrogen-bond acceptors (Lipinski definition) is 2. The highest BCUT2D eigenvalue weighted by Crippen LogP contribution is 1.90. The average molecular weight is 147 g/mol. The zero-order chi connectivity index (χ0) is 7.11. The van der Waals surface area contributed by atoms with Crippen LogP contribution in [0.25, 0.3) is 0 Å². The van der Waals surface area contributed by atoms with Crippen molar-refractivity contribution in [2.45, 2.75) is 6.92 Å². The Kier molecular flexibility index (Phi) is 5.32. The molecule has 0 saturated heterocycles. The van der Waals surface area contributed by atoms with Crippen LogP contribution in [0.5, 0.6) is 0 Å². The van der Waals surface area contributed by atoms with E-state index in [4.69, 9.17) is 17.3 Å². The summed E-state index contributed by atoms with van der Waals surface area (Å²) in [6.45, 7) is 2.73. The molecule has 2 N–H and O–H groups in total. The zero-order valence-corrected chi connectivity index (χ0v) is 6.23. The maximum atomic E-state index is 5.46. The lowest BCUT2D eigenvalue weighted by atomic mass is 10.4. The largest absolute Gasteiger partial charge is 0.404 e. The minimum Gasteiger partial charge on any atom is -0.404 e. The summed E-state index contributed by atoms with van der Waals surface area (Å²) in [5.74, 6) is 0.431. The van der Waals surface area contributed by atoms with Crippen LogP contribution in [0.2, 0.25) is 0 Å². The maximum absolute atomic E-state index is 5.46. The van der Waals surface area contributed by atoms with Crippen molar-refractivity contribution in [1.29, 1.82) is 0 Å². The van der Waals surface area contributed by atoms with E-state index in [9.17, 15) is 0 Å². The highest BCUT2D eigenvalue weighted by atomic mass is 35.5. The molecule has 0 aromatic heterocycles. The van der Waals surface area contributed by atoms with Crippen LogP contribution in [0.15, 0.2) is 16.8 Å². The minimum absolute atomic E-state index is 0.431. The molecule has 0 saturated carbocycles. The Hall–Kier alpha value is -0.500. The fraction of sp³-hybridized carbons (Fsp3) is 0.500. The molecule has 0 radical (unpaired) electrons. The molecular weight excluding hydrogens is 136 g/mol. The molecule has 52 valence electrons. The van der Waals surface area contributed by atoms with Crippen LogP contribution in [0, 0.1) is 0 Å². The highest BCUT2D eigenvalue weighted by molar-refractivity contribution is 6.21. The van der Waals surface area contributed by atoms with Gasteiger partial charge in [0.15, 0.2) is 0 Å². The van der Waals surface area contributed by atoms with Crippen molar-refractivity contribution in [1.82, 2.24) is 0 Å². The van der Waals surface area contributed by atoms with E-state index in [1.807, 2.05) is 6.92 Å². The quantitative estimate of drug-likeness (QED) is 0.471. The summed E-state index contributed by atoms with van der Waals surface area (Å²) in [7, 11) is 0. The lowest BCUT2D eigenvalue weighted by molar-refractivity contribution is 1.14. The second-order valence-electron chi connectivity index (χ2n) is 1.50. The van der Waals surface area contributed by atoms with E-state index in [-0.39, 0.29) is 0 Å². The van der Waals surface area contributed by atoms with Gasteiger partial charge in [0.25, 0.3) is 0 Å². The van der Waals surface area contributed by atoms with Gasteiger partial charge in [-0.25, -0.2) is 0 Å². The Bertz CT molecular complexity index is 118. The molecule has 0 bridgehead atoms. The standard InChI is InChI=1S/C6H11ClN2/c1-2-9-5-6(3-7)4-8/h4-5H,2-3,8H2,1H3.